The standard InChI is InChI=1S/C30H22O10/c31-15-5-1-13(2-6-15)26-21(36)11-18-19(34)12-23-25(27(18)40-26)30(29(37)39-23)24-20(35)9-17(33)10-22(24)38-28(30)14-3-7-16(32)8-4-14/h1-10,12,21,26,28,31-36H,11H2/t21-,26-,28-,30+/m1/s1. The number of hydrogen-bond acceptors (Lipinski definition) is 10. The molecule has 0 fully saturated rings. The number of aliphatic hydroxyl groups excluding tert-OH is 1. The molecular weight excluding hydrogens is 520 g/mol. The Balaban J connectivity index is 1.51. The monoisotopic (exact) mass is 542 g/mol. The Hall–Kier alpha value is -5.09. The molecular formula is C30H22O10. The molecule has 0 bridgehead atoms. The van der Waals surface area contributed by atoms with Gasteiger partial charge in [-0.3, -0.25) is 4.79 Å². The lowest BCUT2D eigenvalue weighted by Crippen LogP contribution is -2.40. The maximum absolute atomic E-state index is 14.0. The summed E-state index contributed by atoms with van der Waals surface area (Å²) < 4.78 is 18.3. The highest BCUT2D eigenvalue weighted by molar-refractivity contribution is 6.00. The summed E-state index contributed by atoms with van der Waals surface area (Å²) in [4.78, 5) is 14.0. The number of phenolic OH excluding ortho intramolecular Hbond substituents is 5. The Morgan fingerprint density at radius 1 is 0.700 bits per heavy atom. The van der Waals surface area contributed by atoms with Crippen molar-refractivity contribution in [1.29, 1.82) is 0 Å². The molecule has 10 heteroatoms. The zero-order valence-electron chi connectivity index (χ0n) is 20.6. The van der Waals surface area contributed by atoms with E-state index in [4.69, 9.17) is 14.2 Å². The van der Waals surface area contributed by atoms with Gasteiger partial charge in [-0.2, -0.15) is 0 Å². The summed E-state index contributed by atoms with van der Waals surface area (Å²) in [6.45, 7) is 0. The van der Waals surface area contributed by atoms with E-state index in [1.807, 2.05) is 0 Å². The molecule has 1 spiro atoms. The first-order valence-electron chi connectivity index (χ1n) is 12.5. The highest BCUT2D eigenvalue weighted by Gasteiger charge is 2.66. The fraction of sp³-hybridized carbons (Fsp3) is 0.167. The Labute approximate surface area is 226 Å². The summed E-state index contributed by atoms with van der Waals surface area (Å²) in [5.41, 5.74) is -0.410. The molecule has 0 aliphatic carbocycles. The van der Waals surface area contributed by atoms with Gasteiger partial charge >= 0.3 is 5.97 Å². The Kier molecular flexibility index (Phi) is 4.92. The van der Waals surface area contributed by atoms with E-state index in [1.165, 1.54) is 36.4 Å². The van der Waals surface area contributed by atoms with E-state index < -0.39 is 35.4 Å². The third-order valence-corrected chi connectivity index (χ3v) is 7.77. The summed E-state index contributed by atoms with van der Waals surface area (Å²) in [6.07, 6.45) is -3.20. The van der Waals surface area contributed by atoms with E-state index >= 15 is 0 Å². The lowest BCUT2D eigenvalue weighted by atomic mass is 9.69. The van der Waals surface area contributed by atoms with Crippen molar-refractivity contribution in [3.05, 3.63) is 94.5 Å². The molecule has 3 aliphatic rings. The molecule has 0 aromatic heterocycles. The van der Waals surface area contributed by atoms with Crippen molar-refractivity contribution in [1.82, 2.24) is 0 Å². The van der Waals surface area contributed by atoms with E-state index in [0.717, 1.165) is 6.07 Å². The second-order valence-corrected chi connectivity index (χ2v) is 10.1. The van der Waals surface area contributed by atoms with Crippen LogP contribution in [0.1, 0.15) is 40.0 Å². The second kappa shape index (κ2) is 8.20. The Morgan fingerprint density at radius 3 is 2.02 bits per heavy atom. The van der Waals surface area contributed by atoms with Gasteiger partial charge in [0.1, 0.15) is 58.2 Å². The topological polar surface area (TPSA) is 166 Å². The van der Waals surface area contributed by atoms with Crippen LogP contribution in [0.4, 0.5) is 0 Å². The van der Waals surface area contributed by atoms with Crippen molar-refractivity contribution in [2.24, 2.45) is 0 Å². The summed E-state index contributed by atoms with van der Waals surface area (Å²) in [6, 6.07) is 15.7. The number of carbonyl (C=O) groups excluding carboxylic acids is 1. The van der Waals surface area contributed by atoms with Crippen LogP contribution in [0.3, 0.4) is 0 Å². The fourth-order valence-corrected chi connectivity index (χ4v) is 6.06. The van der Waals surface area contributed by atoms with Gasteiger partial charge in [0.2, 0.25) is 0 Å². The Bertz CT molecular complexity index is 1700. The molecule has 3 heterocycles. The molecule has 4 atom stereocenters. The van der Waals surface area contributed by atoms with Crippen molar-refractivity contribution in [3.63, 3.8) is 0 Å². The Morgan fingerprint density at radius 2 is 1.35 bits per heavy atom. The van der Waals surface area contributed by atoms with Gasteiger partial charge < -0.3 is 44.8 Å². The maximum Gasteiger partial charge on any atom is 0.331 e. The highest BCUT2D eigenvalue weighted by Crippen LogP contribution is 2.66. The fourth-order valence-electron chi connectivity index (χ4n) is 6.06. The summed E-state index contributed by atoms with van der Waals surface area (Å²) in [7, 11) is 0. The normalized spacial score (nSPS) is 24.0. The number of esters is 1. The van der Waals surface area contributed by atoms with Crippen LogP contribution in [0.2, 0.25) is 0 Å². The second-order valence-electron chi connectivity index (χ2n) is 10.1. The lowest BCUT2D eigenvalue weighted by molar-refractivity contribution is -0.139. The quantitative estimate of drug-likeness (QED) is 0.163. The molecule has 4 aromatic rings. The van der Waals surface area contributed by atoms with Gasteiger partial charge in [0.05, 0.1) is 17.2 Å². The molecule has 6 N–H and O–H groups in total. The molecule has 0 saturated carbocycles. The predicted molar refractivity (Wildman–Crippen MR) is 137 cm³/mol. The highest BCUT2D eigenvalue weighted by atomic mass is 16.6. The van der Waals surface area contributed by atoms with Gasteiger partial charge in [0, 0.05) is 30.2 Å². The van der Waals surface area contributed by atoms with E-state index in [2.05, 4.69) is 0 Å². The first-order valence-corrected chi connectivity index (χ1v) is 12.5. The van der Waals surface area contributed by atoms with Gasteiger partial charge in [-0.05, 0) is 35.4 Å². The molecule has 7 rings (SSSR count). The van der Waals surface area contributed by atoms with Gasteiger partial charge in [-0.15, -0.1) is 0 Å². The third kappa shape index (κ3) is 3.16. The van der Waals surface area contributed by atoms with E-state index in [1.54, 1.807) is 24.3 Å². The van der Waals surface area contributed by atoms with E-state index in [0.29, 0.717) is 11.1 Å². The number of aliphatic hydroxyl groups is 1. The number of ether oxygens (including phenoxy) is 3. The van der Waals surface area contributed by atoms with Crippen molar-refractivity contribution in [3.8, 4) is 46.0 Å². The van der Waals surface area contributed by atoms with E-state index in [9.17, 15) is 35.4 Å². The SMILES string of the molecule is O=C1Oc2cc(O)c3c(c2[C@]12c1c(O)cc(O)cc1O[C@@H]2c1ccc(O)cc1)O[C@H](c1ccc(O)cc1)[C@H](O)C3. The van der Waals surface area contributed by atoms with Crippen molar-refractivity contribution >= 4 is 5.97 Å². The van der Waals surface area contributed by atoms with Crippen LogP contribution < -0.4 is 14.2 Å². The van der Waals surface area contributed by atoms with Crippen LogP contribution in [0, 0.1) is 0 Å². The maximum atomic E-state index is 14.0. The average Bonchev–Trinajstić information content (AvgIpc) is 3.40. The lowest BCUT2D eigenvalue weighted by Gasteiger charge is -2.35. The number of rotatable bonds is 2. The first-order chi connectivity index (χ1) is 19.2. The molecule has 0 amide bonds. The summed E-state index contributed by atoms with van der Waals surface area (Å²) >= 11 is 0. The molecule has 10 nitrogen and oxygen atoms in total. The van der Waals surface area contributed by atoms with Crippen LogP contribution in [-0.4, -0.2) is 42.7 Å². The van der Waals surface area contributed by atoms with Crippen molar-refractivity contribution < 1.29 is 49.6 Å². The molecule has 0 saturated heterocycles. The number of benzene rings is 4. The number of hydrogen-bond donors (Lipinski definition) is 6. The van der Waals surface area contributed by atoms with Gasteiger partial charge in [-0.25, -0.2) is 0 Å². The van der Waals surface area contributed by atoms with Crippen LogP contribution in [0.5, 0.6) is 46.0 Å². The van der Waals surface area contributed by atoms with Gasteiger partial charge in [-0.1, -0.05) is 24.3 Å². The number of fused-ring (bicyclic) bond motifs is 6. The minimum Gasteiger partial charge on any atom is -0.508 e. The van der Waals surface area contributed by atoms with Crippen molar-refractivity contribution in [2.45, 2.75) is 30.1 Å². The third-order valence-electron chi connectivity index (χ3n) is 7.77. The summed E-state index contributed by atoms with van der Waals surface area (Å²) in [5.74, 6) is -1.67. The largest absolute Gasteiger partial charge is 0.508 e. The van der Waals surface area contributed by atoms with Crippen LogP contribution in [-0.2, 0) is 16.6 Å². The molecule has 0 unspecified atom stereocenters. The molecule has 3 aliphatic heterocycles. The summed E-state index contributed by atoms with van der Waals surface area (Å²) in [5, 5.41) is 62.8. The first kappa shape index (κ1) is 24.0. The van der Waals surface area contributed by atoms with Crippen LogP contribution in [0.15, 0.2) is 66.7 Å². The zero-order chi connectivity index (χ0) is 27.9. The van der Waals surface area contributed by atoms with Gasteiger partial charge in [0.15, 0.2) is 5.41 Å². The molecule has 0 radical (unpaired) electrons. The predicted octanol–water partition coefficient (Wildman–Crippen LogP) is 3.59. The van der Waals surface area contributed by atoms with E-state index in [-0.39, 0.29) is 63.4 Å². The number of phenols is 5. The smallest absolute Gasteiger partial charge is 0.331 e. The zero-order valence-corrected chi connectivity index (χ0v) is 20.6. The van der Waals surface area contributed by atoms with Crippen LogP contribution in [0.25, 0.3) is 0 Å². The average molecular weight is 542 g/mol. The van der Waals surface area contributed by atoms with Crippen molar-refractivity contribution in [2.75, 3.05) is 0 Å². The minimum absolute atomic E-state index is 0.0143. The van der Waals surface area contributed by atoms with Crippen LogP contribution >= 0.6 is 0 Å². The molecule has 4 aromatic carbocycles. The number of aromatic hydroxyl groups is 5. The number of carbonyl (C=O) groups is 1. The van der Waals surface area contributed by atoms with Gasteiger partial charge in [0.25, 0.3) is 0 Å². The minimum atomic E-state index is -1.85. The molecule has 40 heavy (non-hydrogen) atoms. The molecule has 202 valence electrons.